The van der Waals surface area contributed by atoms with Gasteiger partial charge in [-0.3, -0.25) is 20.2 Å². The molecule has 0 bridgehead atoms. The van der Waals surface area contributed by atoms with Crippen molar-refractivity contribution in [2.24, 2.45) is 0 Å². The van der Waals surface area contributed by atoms with Crippen molar-refractivity contribution >= 4 is 0 Å². The fourth-order valence-electron chi connectivity index (χ4n) is 2.11. The third-order valence-corrected chi connectivity index (χ3v) is 2.96. The highest BCUT2D eigenvalue weighted by atomic mass is 16.6. The smallest absolute Gasteiger partial charge is 0.264 e. The Labute approximate surface area is 91.2 Å². The summed E-state index contributed by atoms with van der Waals surface area (Å²) in [6.45, 7) is 0. The molecule has 1 aromatic rings. The van der Waals surface area contributed by atoms with Crippen LogP contribution in [0, 0.1) is 20.2 Å². The van der Waals surface area contributed by atoms with Crippen molar-refractivity contribution in [3.05, 3.63) is 55.6 Å². The zero-order valence-electron chi connectivity index (χ0n) is 8.41. The molecule has 1 aliphatic carbocycles. The molecule has 1 aliphatic rings. The summed E-state index contributed by atoms with van der Waals surface area (Å²) in [7, 11) is 0. The first kappa shape index (κ1) is 10.5. The van der Waals surface area contributed by atoms with Crippen LogP contribution in [-0.4, -0.2) is 21.9 Å². The van der Waals surface area contributed by atoms with E-state index in [0.29, 0.717) is 0 Å². The minimum Gasteiger partial charge on any atom is -0.264 e. The van der Waals surface area contributed by atoms with Crippen LogP contribution < -0.4 is 0 Å². The predicted molar refractivity (Wildman–Crippen MR) is 55.4 cm³/mol. The van der Waals surface area contributed by atoms with E-state index in [1.165, 1.54) is 0 Å². The Kier molecular flexibility index (Phi) is 2.55. The molecule has 2 rings (SSSR count). The molecule has 2 atom stereocenters. The van der Waals surface area contributed by atoms with E-state index in [2.05, 4.69) is 0 Å². The fourth-order valence-corrected chi connectivity index (χ4v) is 2.11. The molecule has 0 N–H and O–H groups in total. The molecule has 1 aromatic carbocycles. The topological polar surface area (TPSA) is 86.3 Å². The number of fused-ring (bicyclic) bond motifs is 1. The minimum absolute atomic E-state index is 0.148. The fraction of sp³-hybridized carbons (Fsp3) is 0.400. The molecule has 0 amide bonds. The summed E-state index contributed by atoms with van der Waals surface area (Å²) in [5.74, 6) is 0. The molecule has 0 aromatic heterocycles. The first-order valence-corrected chi connectivity index (χ1v) is 4.93. The molecule has 0 heterocycles. The van der Waals surface area contributed by atoms with Gasteiger partial charge in [0.25, 0.3) is 12.1 Å². The number of nitrogens with zero attached hydrogens (tertiary/aromatic N) is 2. The SMILES string of the molecule is O=[N+]([O-])C1Cc2ccccc2CC1[N+](=O)[O-]. The summed E-state index contributed by atoms with van der Waals surface area (Å²) in [6.07, 6.45) is 0.295. The van der Waals surface area contributed by atoms with Crippen molar-refractivity contribution in [1.82, 2.24) is 0 Å². The molecular formula is C10H10N2O4. The number of benzene rings is 1. The van der Waals surface area contributed by atoms with Gasteiger partial charge in [-0.15, -0.1) is 0 Å². The van der Waals surface area contributed by atoms with Crippen LogP contribution in [-0.2, 0) is 12.8 Å². The van der Waals surface area contributed by atoms with Crippen LogP contribution in [0.3, 0.4) is 0 Å². The number of hydrogen-bond acceptors (Lipinski definition) is 4. The maximum absolute atomic E-state index is 10.8. The third kappa shape index (κ3) is 1.73. The standard InChI is InChI=1S/C10H10N2O4/c13-11(14)9-5-7-3-1-2-4-8(7)6-10(9)12(15)16/h1-4,9-10H,5-6H2. The Balaban J connectivity index is 2.37. The minimum atomic E-state index is -1.11. The van der Waals surface area contributed by atoms with E-state index in [4.69, 9.17) is 0 Å². The predicted octanol–water partition coefficient (Wildman–Crippen LogP) is 1.08. The highest BCUT2D eigenvalue weighted by Gasteiger charge is 2.44. The molecule has 0 spiro atoms. The normalized spacial score (nSPS) is 23.5. The molecule has 0 saturated carbocycles. The van der Waals surface area contributed by atoms with Gasteiger partial charge in [-0.05, 0) is 11.1 Å². The number of rotatable bonds is 2. The van der Waals surface area contributed by atoms with Crippen LogP contribution in [0.25, 0.3) is 0 Å². The van der Waals surface area contributed by atoms with Gasteiger partial charge in [-0.1, -0.05) is 24.3 Å². The molecule has 2 unspecified atom stereocenters. The average Bonchev–Trinajstić information content (AvgIpc) is 2.27. The Bertz CT molecular complexity index is 405. The summed E-state index contributed by atoms with van der Waals surface area (Å²) in [5, 5.41) is 21.6. The zero-order chi connectivity index (χ0) is 11.7. The molecule has 6 heteroatoms. The van der Waals surface area contributed by atoms with Crippen molar-refractivity contribution in [2.75, 3.05) is 0 Å². The van der Waals surface area contributed by atoms with Gasteiger partial charge in [-0.2, -0.15) is 0 Å². The van der Waals surface area contributed by atoms with Gasteiger partial charge in [0, 0.05) is 22.7 Å². The quantitative estimate of drug-likeness (QED) is 0.553. The van der Waals surface area contributed by atoms with Crippen molar-refractivity contribution < 1.29 is 9.85 Å². The van der Waals surface area contributed by atoms with Crippen LogP contribution in [0.4, 0.5) is 0 Å². The Hall–Kier alpha value is -1.98. The molecule has 0 fully saturated rings. The zero-order valence-corrected chi connectivity index (χ0v) is 8.41. The molecule has 84 valence electrons. The lowest BCUT2D eigenvalue weighted by Gasteiger charge is -2.21. The van der Waals surface area contributed by atoms with Gasteiger partial charge in [0.15, 0.2) is 0 Å². The van der Waals surface area contributed by atoms with Crippen molar-refractivity contribution in [3.63, 3.8) is 0 Å². The summed E-state index contributed by atoms with van der Waals surface area (Å²) < 4.78 is 0. The highest BCUT2D eigenvalue weighted by Crippen LogP contribution is 2.24. The molecule has 0 radical (unpaired) electrons. The van der Waals surface area contributed by atoms with E-state index >= 15 is 0 Å². The summed E-state index contributed by atoms with van der Waals surface area (Å²) in [5.41, 5.74) is 1.70. The summed E-state index contributed by atoms with van der Waals surface area (Å²) in [6, 6.07) is 4.96. The van der Waals surface area contributed by atoms with E-state index in [0.717, 1.165) is 11.1 Å². The van der Waals surface area contributed by atoms with E-state index in [1.807, 2.05) is 0 Å². The lowest BCUT2D eigenvalue weighted by atomic mass is 9.85. The lowest BCUT2D eigenvalue weighted by molar-refractivity contribution is -0.618. The third-order valence-electron chi connectivity index (χ3n) is 2.96. The van der Waals surface area contributed by atoms with Gasteiger partial charge in [-0.25, -0.2) is 0 Å². The van der Waals surface area contributed by atoms with Gasteiger partial charge >= 0.3 is 0 Å². The Morgan fingerprint density at radius 1 is 0.938 bits per heavy atom. The van der Waals surface area contributed by atoms with Crippen molar-refractivity contribution in [2.45, 2.75) is 24.9 Å². The second kappa shape index (κ2) is 3.88. The van der Waals surface area contributed by atoms with Crippen molar-refractivity contribution in [1.29, 1.82) is 0 Å². The second-order valence-corrected chi connectivity index (χ2v) is 3.88. The summed E-state index contributed by atoms with van der Waals surface area (Å²) >= 11 is 0. The first-order valence-electron chi connectivity index (χ1n) is 4.93. The molecule has 0 aliphatic heterocycles. The monoisotopic (exact) mass is 222 g/mol. The van der Waals surface area contributed by atoms with Gasteiger partial charge in [0.05, 0.1) is 0 Å². The van der Waals surface area contributed by atoms with Crippen LogP contribution in [0.2, 0.25) is 0 Å². The Morgan fingerprint density at radius 2 is 1.31 bits per heavy atom. The van der Waals surface area contributed by atoms with E-state index in [9.17, 15) is 20.2 Å². The van der Waals surface area contributed by atoms with Crippen molar-refractivity contribution in [3.8, 4) is 0 Å². The largest absolute Gasteiger partial charge is 0.283 e. The highest BCUT2D eigenvalue weighted by molar-refractivity contribution is 5.31. The molecule has 16 heavy (non-hydrogen) atoms. The van der Waals surface area contributed by atoms with E-state index < -0.39 is 21.9 Å². The molecular weight excluding hydrogens is 212 g/mol. The van der Waals surface area contributed by atoms with Crippen LogP contribution >= 0.6 is 0 Å². The molecule has 6 nitrogen and oxygen atoms in total. The first-order chi connectivity index (χ1) is 7.59. The van der Waals surface area contributed by atoms with Gasteiger partial charge < -0.3 is 0 Å². The van der Waals surface area contributed by atoms with Gasteiger partial charge in [0.1, 0.15) is 0 Å². The lowest BCUT2D eigenvalue weighted by Crippen LogP contribution is -2.45. The van der Waals surface area contributed by atoms with E-state index in [1.54, 1.807) is 24.3 Å². The van der Waals surface area contributed by atoms with E-state index in [-0.39, 0.29) is 12.8 Å². The van der Waals surface area contributed by atoms with Crippen LogP contribution in [0.5, 0.6) is 0 Å². The second-order valence-electron chi connectivity index (χ2n) is 3.88. The maximum Gasteiger partial charge on any atom is 0.283 e. The number of hydrogen-bond donors (Lipinski definition) is 0. The van der Waals surface area contributed by atoms with Gasteiger partial charge in [0.2, 0.25) is 0 Å². The van der Waals surface area contributed by atoms with Crippen LogP contribution in [0.1, 0.15) is 11.1 Å². The average molecular weight is 222 g/mol. The Morgan fingerprint density at radius 3 is 1.62 bits per heavy atom. The summed E-state index contributed by atoms with van der Waals surface area (Å²) in [4.78, 5) is 20.5. The van der Waals surface area contributed by atoms with Crippen LogP contribution in [0.15, 0.2) is 24.3 Å². The number of nitro groups is 2. The molecule has 0 saturated heterocycles. The maximum atomic E-state index is 10.8.